The summed E-state index contributed by atoms with van der Waals surface area (Å²) < 4.78 is 5.82. The van der Waals surface area contributed by atoms with E-state index in [1.165, 1.54) is 77.0 Å². The molecule has 37 heavy (non-hydrogen) atoms. The predicted molar refractivity (Wildman–Crippen MR) is 150 cm³/mol. The van der Waals surface area contributed by atoms with E-state index in [4.69, 9.17) is 19.9 Å². The summed E-state index contributed by atoms with van der Waals surface area (Å²) in [7, 11) is 0. The Morgan fingerprint density at radius 2 is 1.03 bits per heavy atom. The van der Waals surface area contributed by atoms with Crippen molar-refractivity contribution in [1.29, 1.82) is 0 Å². The molecule has 0 aliphatic carbocycles. The number of para-hydroxylation sites is 1. The Bertz CT molecular complexity index is 564. The van der Waals surface area contributed by atoms with Gasteiger partial charge in [0.15, 0.2) is 0 Å². The Hall–Kier alpha value is -1.18. The number of hydrogen-bond acceptors (Lipinski definition) is 6. The fourth-order valence-corrected chi connectivity index (χ4v) is 5.02. The minimum Gasteiger partial charge on any atom is -0.494 e. The zero-order chi connectivity index (χ0) is 26.7. The van der Waals surface area contributed by atoms with E-state index in [2.05, 4.69) is 23.9 Å². The molecule has 0 unspecified atom stereocenters. The third-order valence-electron chi connectivity index (χ3n) is 7.28. The molecule has 1 rings (SSSR count). The molecule has 0 aliphatic rings. The molecule has 0 heterocycles. The third-order valence-corrected chi connectivity index (χ3v) is 7.28. The van der Waals surface area contributed by atoms with E-state index in [1.54, 1.807) is 0 Å². The highest BCUT2D eigenvalue weighted by molar-refractivity contribution is 5.20. The largest absolute Gasteiger partial charge is 0.494 e. The highest BCUT2D eigenvalue weighted by Crippen LogP contribution is 2.33. The molecule has 0 atom stereocenters. The van der Waals surface area contributed by atoms with Crippen LogP contribution in [0.1, 0.15) is 149 Å². The van der Waals surface area contributed by atoms with Crippen LogP contribution in [-0.4, -0.2) is 17.5 Å². The van der Waals surface area contributed by atoms with Crippen molar-refractivity contribution in [3.8, 4) is 5.75 Å². The van der Waals surface area contributed by atoms with Crippen molar-refractivity contribution in [2.24, 2.45) is 0 Å². The Morgan fingerprint density at radius 3 is 1.51 bits per heavy atom. The van der Waals surface area contributed by atoms with Crippen molar-refractivity contribution in [2.45, 2.75) is 154 Å². The van der Waals surface area contributed by atoms with Gasteiger partial charge in [-0.25, -0.2) is 5.26 Å². The molecule has 0 saturated heterocycles. The molecule has 0 aromatic heterocycles. The quantitative estimate of drug-likeness (QED) is 0.0668. The van der Waals surface area contributed by atoms with Gasteiger partial charge in [0, 0.05) is 0 Å². The summed E-state index contributed by atoms with van der Waals surface area (Å²) in [6.07, 6.45) is 24.8. The summed E-state index contributed by atoms with van der Waals surface area (Å²) >= 11 is 0. The van der Waals surface area contributed by atoms with Crippen LogP contribution >= 0.6 is 0 Å². The Labute approximate surface area is 227 Å². The van der Waals surface area contributed by atoms with E-state index in [0.717, 1.165) is 70.1 Å². The normalized spacial score (nSPS) is 11.8. The molecule has 0 aliphatic heterocycles. The highest BCUT2D eigenvalue weighted by Gasteiger charge is 2.32. The second-order valence-electron chi connectivity index (χ2n) is 10.5. The van der Waals surface area contributed by atoms with Crippen LogP contribution in [-0.2, 0) is 20.0 Å². The first-order valence-electron chi connectivity index (χ1n) is 15.3. The van der Waals surface area contributed by atoms with Crippen molar-refractivity contribution >= 4 is 0 Å². The van der Waals surface area contributed by atoms with Gasteiger partial charge < -0.3 is 4.74 Å². The molecule has 6 heteroatoms. The van der Waals surface area contributed by atoms with E-state index in [-0.39, 0.29) is 0 Å². The summed E-state index contributed by atoms with van der Waals surface area (Å²) in [5, 5.41) is 21.3. The summed E-state index contributed by atoms with van der Waals surface area (Å²) in [5.41, 5.74) is -0.411. The molecule has 0 amide bonds. The van der Waals surface area contributed by atoms with Gasteiger partial charge in [-0.2, -0.15) is 4.89 Å². The first kappa shape index (κ1) is 33.8. The van der Waals surface area contributed by atoms with Crippen molar-refractivity contribution in [2.75, 3.05) is 6.61 Å². The van der Waals surface area contributed by atoms with E-state index in [0.29, 0.717) is 0 Å². The fourth-order valence-electron chi connectivity index (χ4n) is 5.02. The van der Waals surface area contributed by atoms with Gasteiger partial charge in [0.25, 0.3) is 0 Å². The van der Waals surface area contributed by atoms with Crippen LogP contribution in [0.3, 0.4) is 0 Å². The maximum Gasteiger partial charge on any atom is 0.119 e. The lowest BCUT2D eigenvalue weighted by molar-refractivity contribution is -0.714. The Morgan fingerprint density at radius 1 is 0.568 bits per heavy atom. The molecular weight excluding hydrogens is 468 g/mol. The number of ether oxygens (including phenoxy) is 1. The summed E-state index contributed by atoms with van der Waals surface area (Å²) in [4.78, 5) is 5.81. The number of hydrogen-bond donors (Lipinski definition) is 1. The maximum absolute atomic E-state index is 8.54. The van der Waals surface area contributed by atoms with Gasteiger partial charge in [-0.15, -0.1) is 0 Å². The Balaban J connectivity index is 2.48. The Kier molecular flexibility index (Phi) is 23.0. The van der Waals surface area contributed by atoms with E-state index < -0.39 is 5.60 Å². The average molecular weight is 525 g/mol. The predicted octanol–water partition coefficient (Wildman–Crippen LogP) is 10.3. The second-order valence-corrected chi connectivity index (χ2v) is 10.5. The van der Waals surface area contributed by atoms with E-state index in [9.17, 15) is 0 Å². The average Bonchev–Trinajstić information content (AvgIpc) is 2.92. The minimum atomic E-state index is -0.411. The molecule has 1 aromatic rings. The first-order valence-corrected chi connectivity index (χ1v) is 15.3. The van der Waals surface area contributed by atoms with Crippen molar-refractivity contribution in [1.82, 2.24) is 0 Å². The smallest absolute Gasteiger partial charge is 0.119 e. The molecule has 0 fully saturated rings. The lowest BCUT2D eigenvalue weighted by Crippen LogP contribution is -2.33. The van der Waals surface area contributed by atoms with Gasteiger partial charge in [-0.05, 0) is 52.9 Å². The van der Waals surface area contributed by atoms with E-state index >= 15 is 0 Å². The molecule has 1 aromatic carbocycles. The van der Waals surface area contributed by atoms with Crippen LogP contribution in [0.4, 0.5) is 0 Å². The summed E-state index contributed by atoms with van der Waals surface area (Å²) in [5.74, 6) is 0.933. The van der Waals surface area contributed by atoms with Gasteiger partial charge in [0.1, 0.15) is 11.4 Å². The zero-order valence-corrected chi connectivity index (χ0v) is 23.9. The lowest BCUT2D eigenvalue weighted by atomic mass is 9.85. The molecule has 1 N–H and O–H groups in total. The number of unbranched alkanes of at least 4 members (excludes halogenated alkanes) is 15. The van der Waals surface area contributed by atoms with Crippen LogP contribution in [0, 0.1) is 0 Å². The molecule has 216 valence electrons. The van der Waals surface area contributed by atoms with Gasteiger partial charge in [-0.1, -0.05) is 141 Å². The maximum atomic E-state index is 8.54. The molecule has 0 spiro atoms. The van der Waals surface area contributed by atoms with Gasteiger partial charge >= 0.3 is 0 Å². The lowest BCUT2D eigenvalue weighted by Gasteiger charge is -2.31. The molecule has 0 saturated carbocycles. The van der Waals surface area contributed by atoms with Crippen molar-refractivity contribution in [3.05, 3.63) is 30.3 Å². The van der Waals surface area contributed by atoms with Crippen LogP contribution in [0.15, 0.2) is 30.3 Å². The second kappa shape index (κ2) is 25.1. The van der Waals surface area contributed by atoms with Gasteiger partial charge in [0.05, 0.1) is 6.61 Å². The standard InChI is InChI=1S/C31H56O6/c1-3-5-7-9-11-13-20-26-31(34-36-37-35-32,27-21-14-12-10-8-6-4-2)28-22-15-16-23-29-33-30-24-18-17-19-25-30/h17-19,24-25,32H,3-16,20-23,26-29H2,1-2H3. The molecule has 0 radical (unpaired) electrons. The van der Waals surface area contributed by atoms with Gasteiger partial charge in [0.2, 0.25) is 0 Å². The third kappa shape index (κ3) is 19.5. The molecule has 6 nitrogen and oxygen atoms in total. The topological polar surface area (TPSA) is 66.4 Å². The molecular formula is C31H56O6. The number of rotatable bonds is 28. The highest BCUT2D eigenvalue weighted by atomic mass is 17.8. The van der Waals surface area contributed by atoms with Gasteiger partial charge in [-0.3, -0.25) is 0 Å². The van der Waals surface area contributed by atoms with Crippen LogP contribution in [0.5, 0.6) is 5.75 Å². The monoisotopic (exact) mass is 524 g/mol. The van der Waals surface area contributed by atoms with Crippen LogP contribution < -0.4 is 4.74 Å². The summed E-state index contributed by atoms with van der Waals surface area (Å²) in [6.45, 7) is 5.25. The van der Waals surface area contributed by atoms with Crippen molar-refractivity contribution in [3.63, 3.8) is 0 Å². The molecule has 0 bridgehead atoms. The number of benzene rings is 1. The first-order chi connectivity index (χ1) is 18.3. The SMILES string of the molecule is CCCCCCCCCC(CCCCCCCCC)(CCCCCCOc1ccccc1)OOOOO. The van der Waals surface area contributed by atoms with Crippen LogP contribution in [0.25, 0.3) is 0 Å². The fraction of sp³-hybridized carbons (Fsp3) is 0.806. The van der Waals surface area contributed by atoms with E-state index in [1.807, 2.05) is 30.3 Å². The zero-order valence-electron chi connectivity index (χ0n) is 23.9. The van der Waals surface area contributed by atoms with Crippen molar-refractivity contribution < 1.29 is 30.0 Å². The summed E-state index contributed by atoms with van der Waals surface area (Å²) in [6, 6.07) is 9.99. The van der Waals surface area contributed by atoms with Crippen LogP contribution in [0.2, 0.25) is 0 Å². The minimum absolute atomic E-state index is 0.411.